The van der Waals surface area contributed by atoms with Crippen molar-refractivity contribution in [1.29, 1.82) is 0 Å². The van der Waals surface area contributed by atoms with Crippen LogP contribution >= 0.6 is 23.4 Å². The fraction of sp³-hybridized carbons (Fsp3) is 0.222. The standard InChI is InChI=1S/C18H18ClN3O2S/c1-11-8-14(16(24-3)9-12(11)19)20-17(23)10-25-18-21-13-6-4-5-7-15(13)22(18)2/h4-9H,10H2,1-3H3,(H,20,23). The average Bonchev–Trinajstić information content (AvgIpc) is 2.92. The number of halogens is 1. The van der Waals surface area contributed by atoms with Crippen molar-refractivity contribution < 1.29 is 9.53 Å². The summed E-state index contributed by atoms with van der Waals surface area (Å²) in [6, 6.07) is 11.4. The van der Waals surface area contributed by atoms with E-state index in [1.54, 1.807) is 19.2 Å². The molecule has 0 saturated heterocycles. The fourth-order valence-electron chi connectivity index (χ4n) is 2.50. The number of aromatic nitrogens is 2. The molecule has 3 rings (SSSR count). The number of anilines is 1. The molecule has 2 aromatic carbocycles. The average molecular weight is 376 g/mol. The lowest BCUT2D eigenvalue weighted by molar-refractivity contribution is -0.113. The van der Waals surface area contributed by atoms with E-state index in [1.165, 1.54) is 11.8 Å². The second kappa shape index (κ2) is 7.37. The molecule has 0 unspecified atom stereocenters. The lowest BCUT2D eigenvalue weighted by Crippen LogP contribution is -2.15. The number of carbonyl (C=O) groups excluding carboxylic acids is 1. The highest BCUT2D eigenvalue weighted by molar-refractivity contribution is 7.99. The van der Waals surface area contributed by atoms with Gasteiger partial charge in [0.1, 0.15) is 5.75 Å². The second-order valence-electron chi connectivity index (χ2n) is 5.58. The van der Waals surface area contributed by atoms with Crippen LogP contribution in [0, 0.1) is 6.92 Å². The van der Waals surface area contributed by atoms with Crippen LogP contribution in [0.1, 0.15) is 5.56 Å². The number of nitrogens with one attached hydrogen (secondary N) is 1. The maximum atomic E-state index is 12.3. The number of rotatable bonds is 5. The van der Waals surface area contributed by atoms with Crippen LogP contribution in [0.25, 0.3) is 11.0 Å². The number of fused-ring (bicyclic) bond motifs is 1. The molecule has 0 aliphatic heterocycles. The summed E-state index contributed by atoms with van der Waals surface area (Å²) >= 11 is 7.48. The Morgan fingerprint density at radius 3 is 2.84 bits per heavy atom. The second-order valence-corrected chi connectivity index (χ2v) is 6.93. The first-order chi connectivity index (χ1) is 12.0. The van der Waals surface area contributed by atoms with E-state index >= 15 is 0 Å². The number of ether oxygens (including phenoxy) is 1. The first-order valence-corrected chi connectivity index (χ1v) is 9.04. The Morgan fingerprint density at radius 2 is 2.12 bits per heavy atom. The number of amides is 1. The molecule has 0 spiro atoms. The molecule has 1 heterocycles. The van der Waals surface area contributed by atoms with E-state index in [1.807, 2.05) is 42.8 Å². The minimum absolute atomic E-state index is 0.128. The Kier molecular flexibility index (Phi) is 5.20. The van der Waals surface area contributed by atoms with Crippen molar-refractivity contribution >= 4 is 46.0 Å². The van der Waals surface area contributed by atoms with Crippen molar-refractivity contribution in [2.45, 2.75) is 12.1 Å². The van der Waals surface area contributed by atoms with Crippen LogP contribution < -0.4 is 10.1 Å². The molecule has 130 valence electrons. The lowest BCUT2D eigenvalue weighted by atomic mass is 10.2. The Bertz CT molecular complexity index is 939. The third kappa shape index (κ3) is 3.75. The number of imidazole rings is 1. The molecule has 3 aromatic rings. The number of hydrogen-bond acceptors (Lipinski definition) is 4. The number of thioether (sulfide) groups is 1. The molecule has 7 heteroatoms. The molecule has 0 atom stereocenters. The Labute approximate surface area is 155 Å². The first-order valence-electron chi connectivity index (χ1n) is 7.68. The van der Waals surface area contributed by atoms with Crippen molar-refractivity contribution in [2.24, 2.45) is 7.05 Å². The third-order valence-corrected chi connectivity index (χ3v) is 5.27. The number of hydrogen-bond donors (Lipinski definition) is 1. The number of nitrogens with zero attached hydrogens (tertiary/aromatic N) is 2. The van der Waals surface area contributed by atoms with Crippen LogP contribution in [0.15, 0.2) is 41.6 Å². The van der Waals surface area contributed by atoms with Gasteiger partial charge in [0.15, 0.2) is 5.16 Å². The van der Waals surface area contributed by atoms with Crippen LogP contribution in [0.4, 0.5) is 5.69 Å². The van der Waals surface area contributed by atoms with Crippen LogP contribution in [0.3, 0.4) is 0 Å². The molecular weight excluding hydrogens is 358 g/mol. The summed E-state index contributed by atoms with van der Waals surface area (Å²) in [6.07, 6.45) is 0. The van der Waals surface area contributed by atoms with Gasteiger partial charge in [0, 0.05) is 18.1 Å². The molecule has 1 amide bonds. The third-order valence-electron chi connectivity index (χ3n) is 3.83. The van der Waals surface area contributed by atoms with E-state index in [0.717, 1.165) is 21.8 Å². The van der Waals surface area contributed by atoms with Gasteiger partial charge in [-0.1, -0.05) is 35.5 Å². The summed E-state index contributed by atoms with van der Waals surface area (Å²) in [4.78, 5) is 16.9. The van der Waals surface area contributed by atoms with Crippen LogP contribution in [-0.2, 0) is 11.8 Å². The molecule has 1 N–H and O–H groups in total. The normalized spacial score (nSPS) is 10.9. The van der Waals surface area contributed by atoms with Crippen molar-refractivity contribution in [1.82, 2.24) is 9.55 Å². The first kappa shape index (κ1) is 17.6. The molecule has 0 saturated carbocycles. The highest BCUT2D eigenvalue weighted by atomic mass is 35.5. The van der Waals surface area contributed by atoms with Crippen LogP contribution in [-0.4, -0.2) is 28.3 Å². The molecule has 25 heavy (non-hydrogen) atoms. The highest BCUT2D eigenvalue weighted by Crippen LogP contribution is 2.31. The van der Waals surface area contributed by atoms with E-state index in [0.29, 0.717) is 16.5 Å². The van der Waals surface area contributed by atoms with E-state index in [2.05, 4.69) is 10.3 Å². The Balaban J connectivity index is 1.71. The summed E-state index contributed by atoms with van der Waals surface area (Å²) in [6.45, 7) is 1.88. The predicted molar refractivity (Wildman–Crippen MR) is 103 cm³/mol. The van der Waals surface area contributed by atoms with Gasteiger partial charge in [-0.05, 0) is 30.7 Å². The maximum absolute atomic E-state index is 12.3. The van der Waals surface area contributed by atoms with Crippen molar-refractivity contribution in [2.75, 3.05) is 18.2 Å². The predicted octanol–water partition coefficient (Wildman–Crippen LogP) is 4.27. The number of benzene rings is 2. The van der Waals surface area contributed by atoms with Gasteiger partial charge in [-0.25, -0.2) is 4.98 Å². The number of aryl methyl sites for hydroxylation is 2. The van der Waals surface area contributed by atoms with Crippen LogP contribution in [0.5, 0.6) is 5.75 Å². The van der Waals surface area contributed by atoms with Gasteiger partial charge in [-0.15, -0.1) is 0 Å². The number of para-hydroxylation sites is 2. The topological polar surface area (TPSA) is 56.1 Å². The summed E-state index contributed by atoms with van der Waals surface area (Å²) in [5.74, 6) is 0.663. The van der Waals surface area contributed by atoms with E-state index in [4.69, 9.17) is 16.3 Å². The monoisotopic (exact) mass is 375 g/mol. The van der Waals surface area contributed by atoms with Gasteiger partial charge < -0.3 is 14.6 Å². The Hall–Kier alpha value is -2.18. The van der Waals surface area contributed by atoms with Crippen molar-refractivity contribution in [3.63, 3.8) is 0 Å². The van der Waals surface area contributed by atoms with Gasteiger partial charge in [0.25, 0.3) is 0 Å². The lowest BCUT2D eigenvalue weighted by Gasteiger charge is -2.12. The minimum Gasteiger partial charge on any atom is -0.495 e. The van der Waals surface area contributed by atoms with Gasteiger partial charge in [-0.2, -0.15) is 0 Å². The smallest absolute Gasteiger partial charge is 0.234 e. The molecule has 0 aliphatic rings. The molecule has 0 fully saturated rings. The van der Waals surface area contributed by atoms with Gasteiger partial charge in [0.05, 0.1) is 29.6 Å². The van der Waals surface area contributed by atoms with E-state index in [9.17, 15) is 4.79 Å². The summed E-state index contributed by atoms with van der Waals surface area (Å²) < 4.78 is 7.27. The number of carbonyl (C=O) groups is 1. The highest BCUT2D eigenvalue weighted by Gasteiger charge is 2.13. The molecule has 5 nitrogen and oxygen atoms in total. The van der Waals surface area contributed by atoms with E-state index in [-0.39, 0.29) is 11.7 Å². The molecule has 0 aliphatic carbocycles. The van der Waals surface area contributed by atoms with Gasteiger partial charge in [-0.3, -0.25) is 4.79 Å². The minimum atomic E-state index is -0.128. The van der Waals surface area contributed by atoms with Crippen molar-refractivity contribution in [3.05, 3.63) is 47.0 Å². The largest absolute Gasteiger partial charge is 0.495 e. The molecule has 0 bridgehead atoms. The SMILES string of the molecule is COc1cc(Cl)c(C)cc1NC(=O)CSc1nc2ccccc2n1C. The van der Waals surface area contributed by atoms with Crippen molar-refractivity contribution in [3.8, 4) is 5.75 Å². The molecule has 0 radical (unpaired) electrons. The maximum Gasteiger partial charge on any atom is 0.234 e. The van der Waals surface area contributed by atoms with Gasteiger partial charge in [0.2, 0.25) is 5.91 Å². The number of methoxy groups -OCH3 is 1. The molecular formula is C18H18ClN3O2S. The zero-order chi connectivity index (χ0) is 18.0. The summed E-state index contributed by atoms with van der Waals surface area (Å²) in [5.41, 5.74) is 3.45. The van der Waals surface area contributed by atoms with Crippen LogP contribution in [0.2, 0.25) is 5.02 Å². The quantitative estimate of drug-likeness (QED) is 0.676. The van der Waals surface area contributed by atoms with Gasteiger partial charge >= 0.3 is 0 Å². The summed E-state index contributed by atoms with van der Waals surface area (Å²) in [5, 5.41) is 4.27. The zero-order valence-electron chi connectivity index (χ0n) is 14.2. The zero-order valence-corrected chi connectivity index (χ0v) is 15.7. The fourth-order valence-corrected chi connectivity index (χ4v) is 3.44. The molecule has 1 aromatic heterocycles. The summed E-state index contributed by atoms with van der Waals surface area (Å²) in [7, 11) is 3.49. The van der Waals surface area contributed by atoms with E-state index < -0.39 is 0 Å². The Morgan fingerprint density at radius 1 is 1.36 bits per heavy atom.